The number of carbonyl (C=O) groups is 1. The summed E-state index contributed by atoms with van der Waals surface area (Å²) in [6.07, 6.45) is 3.76. The highest BCUT2D eigenvalue weighted by Crippen LogP contribution is 2.14. The number of halogens is 2. The minimum atomic E-state index is -0.724. The zero-order chi connectivity index (χ0) is 17.6. The van der Waals surface area contributed by atoms with Gasteiger partial charge in [0.05, 0.1) is 12.7 Å². The smallest absolute Gasteiger partial charge is 0.249 e. The van der Waals surface area contributed by atoms with Crippen molar-refractivity contribution in [1.82, 2.24) is 9.78 Å². The number of hydrogen-bond donors (Lipinski definition) is 1. The molecule has 4 nitrogen and oxygen atoms in total. The molecule has 126 valence electrons. The molecule has 0 aliphatic carbocycles. The van der Waals surface area contributed by atoms with Crippen molar-refractivity contribution < 1.29 is 13.6 Å². The Morgan fingerprint density at radius 3 is 2.48 bits per heavy atom. The molecule has 25 heavy (non-hydrogen) atoms. The molecule has 0 fully saturated rings. The first kappa shape index (κ1) is 16.6. The van der Waals surface area contributed by atoms with Crippen molar-refractivity contribution in [2.75, 3.05) is 5.32 Å². The van der Waals surface area contributed by atoms with Crippen molar-refractivity contribution in [2.45, 2.75) is 6.54 Å². The first-order valence-electron chi connectivity index (χ1n) is 7.62. The van der Waals surface area contributed by atoms with Crippen LogP contribution in [-0.4, -0.2) is 15.7 Å². The van der Waals surface area contributed by atoms with Crippen molar-refractivity contribution >= 4 is 17.8 Å². The minimum Gasteiger partial charge on any atom is -0.307 e. The van der Waals surface area contributed by atoms with Crippen LogP contribution in [0.3, 0.4) is 0 Å². The van der Waals surface area contributed by atoms with Gasteiger partial charge in [0, 0.05) is 17.7 Å². The van der Waals surface area contributed by atoms with E-state index in [4.69, 9.17) is 0 Å². The van der Waals surface area contributed by atoms with Crippen LogP contribution in [0, 0.1) is 11.6 Å². The Morgan fingerprint density at radius 1 is 1.04 bits per heavy atom. The van der Waals surface area contributed by atoms with Crippen molar-refractivity contribution in [3.8, 4) is 0 Å². The topological polar surface area (TPSA) is 46.9 Å². The highest BCUT2D eigenvalue weighted by Gasteiger charge is 2.08. The highest BCUT2D eigenvalue weighted by molar-refractivity contribution is 6.01. The Labute approximate surface area is 143 Å². The molecule has 2 aromatic carbocycles. The number of rotatable bonds is 5. The van der Waals surface area contributed by atoms with E-state index in [2.05, 4.69) is 10.4 Å². The van der Waals surface area contributed by atoms with E-state index in [9.17, 15) is 13.6 Å². The molecule has 1 aromatic heterocycles. The van der Waals surface area contributed by atoms with E-state index in [0.717, 1.165) is 29.8 Å². The fourth-order valence-corrected chi connectivity index (χ4v) is 2.32. The van der Waals surface area contributed by atoms with Gasteiger partial charge < -0.3 is 5.32 Å². The van der Waals surface area contributed by atoms with Gasteiger partial charge in [-0.1, -0.05) is 36.4 Å². The average molecular weight is 339 g/mol. The Morgan fingerprint density at radius 2 is 1.76 bits per heavy atom. The third kappa shape index (κ3) is 4.17. The predicted molar refractivity (Wildman–Crippen MR) is 91.8 cm³/mol. The highest BCUT2D eigenvalue weighted by atomic mass is 19.1. The van der Waals surface area contributed by atoms with Gasteiger partial charge in [0.15, 0.2) is 0 Å². The number of hydrogen-bond acceptors (Lipinski definition) is 2. The molecule has 0 bridgehead atoms. The summed E-state index contributed by atoms with van der Waals surface area (Å²) < 4.78 is 28.7. The fourth-order valence-electron chi connectivity index (χ4n) is 2.32. The van der Waals surface area contributed by atoms with Gasteiger partial charge in [-0.2, -0.15) is 5.10 Å². The van der Waals surface area contributed by atoms with Crippen LogP contribution in [-0.2, 0) is 11.3 Å². The molecule has 0 saturated heterocycles. The van der Waals surface area contributed by atoms with Crippen LogP contribution in [0.5, 0.6) is 0 Å². The molecule has 0 unspecified atom stereocenters. The third-order valence-corrected chi connectivity index (χ3v) is 3.54. The van der Waals surface area contributed by atoms with Crippen LogP contribution < -0.4 is 5.32 Å². The van der Waals surface area contributed by atoms with Gasteiger partial charge in [0.1, 0.15) is 17.5 Å². The molecule has 3 rings (SSSR count). The van der Waals surface area contributed by atoms with Gasteiger partial charge in [-0.15, -0.1) is 0 Å². The van der Waals surface area contributed by atoms with Gasteiger partial charge in [0.25, 0.3) is 0 Å². The monoisotopic (exact) mass is 339 g/mol. The molecule has 0 aliphatic rings. The number of nitrogens with one attached hydrogen (secondary N) is 1. The first-order valence-corrected chi connectivity index (χ1v) is 7.62. The van der Waals surface area contributed by atoms with Crippen LogP contribution in [0.25, 0.3) is 6.08 Å². The lowest BCUT2D eigenvalue weighted by molar-refractivity contribution is -0.111. The van der Waals surface area contributed by atoms with Crippen molar-refractivity contribution in [1.29, 1.82) is 0 Å². The predicted octanol–water partition coefficient (Wildman–Crippen LogP) is 3.86. The minimum absolute atomic E-state index is 0.254. The number of benzene rings is 2. The fraction of sp³-hybridized carbons (Fsp3) is 0.0526. The molecule has 6 heteroatoms. The second kappa shape index (κ2) is 7.53. The molecule has 1 heterocycles. The van der Waals surface area contributed by atoms with Crippen LogP contribution in [0.4, 0.5) is 14.6 Å². The number of amides is 1. The first-order chi connectivity index (χ1) is 12.1. The summed E-state index contributed by atoms with van der Waals surface area (Å²) in [5.41, 5.74) is 0.779. The molecule has 1 amide bonds. The second-order valence-corrected chi connectivity index (χ2v) is 5.32. The van der Waals surface area contributed by atoms with Crippen LogP contribution >= 0.6 is 0 Å². The van der Waals surface area contributed by atoms with E-state index in [-0.39, 0.29) is 5.56 Å². The number of nitrogens with zero attached hydrogens (tertiary/aromatic N) is 2. The summed E-state index contributed by atoms with van der Waals surface area (Å²) in [6.45, 7) is 0.495. The Kier molecular flexibility index (Phi) is 4.99. The van der Waals surface area contributed by atoms with Gasteiger partial charge >= 0.3 is 0 Å². The van der Waals surface area contributed by atoms with Crippen LogP contribution in [0.15, 0.2) is 66.9 Å². The lowest BCUT2D eigenvalue weighted by Gasteiger charge is -2.08. The van der Waals surface area contributed by atoms with Crippen molar-refractivity contribution in [3.05, 3.63) is 89.6 Å². The molecule has 0 atom stereocenters. The van der Waals surface area contributed by atoms with Crippen LogP contribution in [0.1, 0.15) is 11.1 Å². The Bertz CT molecular complexity index is 884. The molecule has 0 aliphatic heterocycles. The van der Waals surface area contributed by atoms with Gasteiger partial charge in [0.2, 0.25) is 5.91 Å². The molecule has 0 radical (unpaired) electrons. The number of anilines is 1. The molecule has 0 saturated carbocycles. The maximum absolute atomic E-state index is 13.5. The summed E-state index contributed by atoms with van der Waals surface area (Å²) in [5, 5.41) is 6.82. The molecule has 0 spiro atoms. The maximum atomic E-state index is 13.5. The van der Waals surface area contributed by atoms with E-state index < -0.39 is 17.5 Å². The third-order valence-electron chi connectivity index (χ3n) is 3.54. The Hall–Kier alpha value is -3.28. The average Bonchev–Trinajstić information content (AvgIpc) is 3.02. The SMILES string of the molecule is O=C(C=Cc1c(F)cccc1F)Nc1ccnn1Cc1ccccc1. The maximum Gasteiger partial charge on any atom is 0.249 e. The van der Waals surface area contributed by atoms with Crippen molar-refractivity contribution in [3.63, 3.8) is 0 Å². The van der Waals surface area contributed by atoms with Gasteiger partial charge in [-0.05, 0) is 23.8 Å². The van der Waals surface area contributed by atoms with Gasteiger partial charge in [-0.3, -0.25) is 4.79 Å². The van der Waals surface area contributed by atoms with E-state index in [1.54, 1.807) is 16.9 Å². The largest absolute Gasteiger partial charge is 0.307 e. The standard InChI is InChI=1S/C19H15F2N3O/c20-16-7-4-8-17(21)15(16)9-10-19(25)23-18-11-12-22-24(18)13-14-5-2-1-3-6-14/h1-12H,13H2,(H,23,25). The van der Waals surface area contributed by atoms with E-state index >= 15 is 0 Å². The van der Waals surface area contributed by atoms with E-state index in [1.807, 2.05) is 30.3 Å². The normalized spacial score (nSPS) is 11.0. The van der Waals surface area contributed by atoms with Crippen LogP contribution in [0.2, 0.25) is 0 Å². The molecule has 1 N–H and O–H groups in total. The zero-order valence-corrected chi connectivity index (χ0v) is 13.2. The Balaban J connectivity index is 1.70. The number of aromatic nitrogens is 2. The number of carbonyl (C=O) groups excluding carboxylic acids is 1. The summed E-state index contributed by atoms with van der Waals surface area (Å²) in [4.78, 5) is 12.0. The lowest BCUT2D eigenvalue weighted by atomic mass is 10.2. The molecular weight excluding hydrogens is 324 g/mol. The van der Waals surface area contributed by atoms with Gasteiger partial charge in [-0.25, -0.2) is 13.5 Å². The summed E-state index contributed by atoms with van der Waals surface area (Å²) in [5.74, 6) is -1.46. The zero-order valence-electron chi connectivity index (χ0n) is 13.2. The van der Waals surface area contributed by atoms with E-state index in [0.29, 0.717) is 12.4 Å². The summed E-state index contributed by atoms with van der Waals surface area (Å²) in [6, 6.07) is 14.9. The molecular formula is C19H15F2N3O. The van der Waals surface area contributed by atoms with Crippen molar-refractivity contribution in [2.24, 2.45) is 0 Å². The molecule has 3 aromatic rings. The lowest BCUT2D eigenvalue weighted by Crippen LogP contribution is -2.13. The second-order valence-electron chi connectivity index (χ2n) is 5.32. The van der Waals surface area contributed by atoms with E-state index in [1.165, 1.54) is 6.07 Å². The summed E-state index contributed by atoms with van der Waals surface area (Å²) >= 11 is 0. The summed E-state index contributed by atoms with van der Waals surface area (Å²) in [7, 11) is 0. The quantitative estimate of drug-likeness (QED) is 0.718.